The zero-order valence-electron chi connectivity index (χ0n) is 10.3. The Morgan fingerprint density at radius 1 is 1.11 bits per heavy atom. The minimum absolute atomic E-state index is 0.275. The van der Waals surface area contributed by atoms with Crippen LogP contribution in [0.5, 0.6) is 0 Å². The van der Waals surface area contributed by atoms with Gasteiger partial charge in [-0.2, -0.15) is 0 Å². The lowest BCUT2D eigenvalue weighted by Crippen LogP contribution is -2.35. The van der Waals surface area contributed by atoms with Gasteiger partial charge in [0, 0.05) is 13.1 Å². The van der Waals surface area contributed by atoms with Crippen LogP contribution in [0.3, 0.4) is 0 Å². The fourth-order valence-corrected chi connectivity index (χ4v) is 2.25. The van der Waals surface area contributed by atoms with Crippen molar-refractivity contribution in [1.82, 2.24) is 4.90 Å². The van der Waals surface area contributed by atoms with Gasteiger partial charge in [0.1, 0.15) is 5.82 Å². The molecule has 1 aromatic rings. The van der Waals surface area contributed by atoms with E-state index in [0.29, 0.717) is 18.7 Å². The Morgan fingerprint density at radius 2 is 1.67 bits per heavy atom. The largest absolute Gasteiger partial charge is 0.378 e. The smallest absolute Gasteiger partial charge is 0.256 e. The molecule has 1 saturated heterocycles. The third kappa shape index (κ3) is 3.07. The normalized spacial score (nSPS) is 18.2. The predicted octanol–water partition coefficient (Wildman–Crippen LogP) is 2.26. The number of nitrogens with zero attached hydrogens (tertiary/aromatic N) is 1. The van der Waals surface area contributed by atoms with E-state index in [2.05, 4.69) is 0 Å². The second-order valence-electron chi connectivity index (χ2n) is 4.69. The van der Waals surface area contributed by atoms with Gasteiger partial charge in [-0.3, -0.25) is 4.79 Å². The molecule has 1 N–H and O–H groups in total. The summed E-state index contributed by atoms with van der Waals surface area (Å²) in [6.45, 7) is 1.41. The van der Waals surface area contributed by atoms with Crippen LogP contribution < -0.4 is 0 Å². The monoisotopic (exact) mass is 251 g/mol. The Balaban J connectivity index is 2.05. The summed E-state index contributed by atoms with van der Waals surface area (Å²) < 4.78 is 12.8. The highest BCUT2D eigenvalue weighted by Gasteiger charge is 2.24. The molecule has 0 aliphatic carbocycles. The number of benzene rings is 1. The summed E-state index contributed by atoms with van der Waals surface area (Å²) in [5.74, 6) is -0.642. The number of hydrogen-bond donors (Lipinski definition) is 1. The van der Waals surface area contributed by atoms with Crippen molar-refractivity contribution in [2.24, 2.45) is 0 Å². The number of likely N-dealkylation sites (tertiary alicyclic amines) is 1. The maximum atomic E-state index is 12.8. The molecule has 1 atom stereocenters. The summed E-state index contributed by atoms with van der Waals surface area (Å²) in [6, 6.07) is 5.42. The minimum Gasteiger partial charge on any atom is -0.378 e. The second kappa shape index (κ2) is 5.96. The Labute approximate surface area is 106 Å². The van der Waals surface area contributed by atoms with E-state index in [-0.39, 0.29) is 11.7 Å². The van der Waals surface area contributed by atoms with E-state index in [9.17, 15) is 14.3 Å². The van der Waals surface area contributed by atoms with Gasteiger partial charge in [-0.1, -0.05) is 25.0 Å². The molecular weight excluding hydrogens is 233 g/mol. The van der Waals surface area contributed by atoms with Crippen LogP contribution in [-0.4, -0.2) is 29.0 Å². The molecule has 3 nitrogen and oxygen atoms in total. The first kappa shape index (κ1) is 13.0. The van der Waals surface area contributed by atoms with Gasteiger partial charge in [0.25, 0.3) is 5.91 Å². The van der Waals surface area contributed by atoms with E-state index in [1.54, 1.807) is 4.90 Å². The lowest BCUT2D eigenvalue weighted by atomic mass is 10.1. The average Bonchev–Trinajstić information content (AvgIpc) is 2.67. The van der Waals surface area contributed by atoms with Crippen molar-refractivity contribution in [1.29, 1.82) is 0 Å². The predicted molar refractivity (Wildman–Crippen MR) is 66.4 cm³/mol. The van der Waals surface area contributed by atoms with Gasteiger partial charge in [0.15, 0.2) is 6.10 Å². The van der Waals surface area contributed by atoms with Crippen molar-refractivity contribution in [3.63, 3.8) is 0 Å². The Kier molecular flexibility index (Phi) is 4.31. The van der Waals surface area contributed by atoms with E-state index in [1.807, 2.05) is 0 Å². The SMILES string of the molecule is O=C(C(O)c1ccc(F)cc1)N1CCCCCC1. The zero-order chi connectivity index (χ0) is 13.0. The number of amides is 1. The molecule has 2 rings (SSSR count). The van der Waals surface area contributed by atoms with Crippen molar-refractivity contribution in [2.45, 2.75) is 31.8 Å². The first-order valence-corrected chi connectivity index (χ1v) is 6.41. The van der Waals surface area contributed by atoms with E-state index >= 15 is 0 Å². The molecule has 1 heterocycles. The number of carbonyl (C=O) groups is 1. The van der Waals surface area contributed by atoms with Crippen molar-refractivity contribution in [2.75, 3.05) is 13.1 Å². The Morgan fingerprint density at radius 3 is 2.22 bits per heavy atom. The van der Waals surface area contributed by atoms with Crippen molar-refractivity contribution >= 4 is 5.91 Å². The molecule has 0 saturated carbocycles. The molecule has 0 spiro atoms. The summed E-state index contributed by atoms with van der Waals surface area (Å²) >= 11 is 0. The van der Waals surface area contributed by atoms with Crippen LogP contribution in [0, 0.1) is 5.82 Å². The summed E-state index contributed by atoms with van der Waals surface area (Å²) in [4.78, 5) is 13.8. The van der Waals surface area contributed by atoms with Crippen molar-refractivity contribution in [3.05, 3.63) is 35.6 Å². The molecule has 98 valence electrons. The molecule has 18 heavy (non-hydrogen) atoms. The van der Waals surface area contributed by atoms with Crippen LogP contribution in [0.2, 0.25) is 0 Å². The molecular formula is C14H18FNO2. The van der Waals surface area contributed by atoms with Crippen LogP contribution in [0.15, 0.2) is 24.3 Å². The molecule has 1 fully saturated rings. The van der Waals surface area contributed by atoms with Gasteiger partial charge in [-0.25, -0.2) is 4.39 Å². The fourth-order valence-electron chi connectivity index (χ4n) is 2.25. The maximum absolute atomic E-state index is 12.8. The number of rotatable bonds is 2. The highest BCUT2D eigenvalue weighted by Crippen LogP contribution is 2.19. The van der Waals surface area contributed by atoms with Gasteiger partial charge in [-0.15, -0.1) is 0 Å². The van der Waals surface area contributed by atoms with E-state index in [4.69, 9.17) is 0 Å². The third-order valence-electron chi connectivity index (χ3n) is 3.34. The van der Waals surface area contributed by atoms with E-state index in [0.717, 1.165) is 25.7 Å². The third-order valence-corrected chi connectivity index (χ3v) is 3.34. The molecule has 1 unspecified atom stereocenters. The van der Waals surface area contributed by atoms with Crippen LogP contribution in [0.1, 0.15) is 37.4 Å². The van der Waals surface area contributed by atoms with E-state index in [1.165, 1.54) is 24.3 Å². The lowest BCUT2D eigenvalue weighted by Gasteiger charge is -2.23. The van der Waals surface area contributed by atoms with Crippen LogP contribution in [-0.2, 0) is 4.79 Å². The average molecular weight is 251 g/mol. The van der Waals surface area contributed by atoms with E-state index < -0.39 is 6.10 Å². The first-order valence-electron chi connectivity index (χ1n) is 6.41. The molecule has 1 amide bonds. The van der Waals surface area contributed by atoms with Crippen LogP contribution in [0.25, 0.3) is 0 Å². The highest BCUT2D eigenvalue weighted by atomic mass is 19.1. The number of hydrogen-bond acceptors (Lipinski definition) is 2. The van der Waals surface area contributed by atoms with Gasteiger partial charge >= 0.3 is 0 Å². The first-order chi connectivity index (χ1) is 8.68. The number of aliphatic hydroxyl groups is 1. The zero-order valence-corrected chi connectivity index (χ0v) is 10.3. The highest BCUT2D eigenvalue weighted by molar-refractivity contribution is 5.82. The Bertz CT molecular complexity index is 397. The van der Waals surface area contributed by atoms with Gasteiger partial charge in [-0.05, 0) is 30.5 Å². The molecule has 1 aromatic carbocycles. The molecule has 1 aliphatic heterocycles. The number of halogens is 1. The molecule has 0 aromatic heterocycles. The van der Waals surface area contributed by atoms with Gasteiger partial charge in [0.2, 0.25) is 0 Å². The number of aliphatic hydroxyl groups excluding tert-OH is 1. The van der Waals surface area contributed by atoms with Crippen molar-refractivity contribution < 1.29 is 14.3 Å². The summed E-state index contributed by atoms with van der Waals surface area (Å²) in [5, 5.41) is 10.0. The summed E-state index contributed by atoms with van der Waals surface area (Å²) in [5.41, 5.74) is 0.450. The molecule has 1 aliphatic rings. The lowest BCUT2D eigenvalue weighted by molar-refractivity contribution is -0.140. The van der Waals surface area contributed by atoms with Gasteiger partial charge < -0.3 is 10.0 Å². The van der Waals surface area contributed by atoms with Crippen molar-refractivity contribution in [3.8, 4) is 0 Å². The Hall–Kier alpha value is -1.42. The fraction of sp³-hybridized carbons (Fsp3) is 0.500. The topological polar surface area (TPSA) is 40.5 Å². The summed E-state index contributed by atoms with van der Waals surface area (Å²) in [7, 11) is 0. The standard InChI is InChI=1S/C14H18FNO2/c15-12-7-5-11(6-8-12)13(17)14(18)16-9-3-1-2-4-10-16/h5-8,13,17H,1-4,9-10H2. The second-order valence-corrected chi connectivity index (χ2v) is 4.69. The summed E-state index contributed by atoms with van der Waals surface area (Å²) in [6.07, 6.45) is 3.07. The molecule has 0 bridgehead atoms. The van der Waals surface area contributed by atoms with Crippen LogP contribution in [0.4, 0.5) is 4.39 Å². The quantitative estimate of drug-likeness (QED) is 0.876. The van der Waals surface area contributed by atoms with Gasteiger partial charge in [0.05, 0.1) is 0 Å². The minimum atomic E-state index is -1.18. The van der Waals surface area contributed by atoms with Crippen LogP contribution >= 0.6 is 0 Å². The number of carbonyl (C=O) groups excluding carboxylic acids is 1. The maximum Gasteiger partial charge on any atom is 0.256 e. The molecule has 4 heteroatoms. The molecule has 0 radical (unpaired) electrons.